The SMILES string of the molecule is Cc1c(O)cc2c(c1O)-c1ccc(O)c(=O)cc1[C@@H](C)CC2. The van der Waals surface area contributed by atoms with Gasteiger partial charge in [0.25, 0.3) is 0 Å². The van der Waals surface area contributed by atoms with Gasteiger partial charge >= 0.3 is 0 Å². The van der Waals surface area contributed by atoms with Crippen molar-refractivity contribution in [3.05, 3.63) is 51.2 Å². The van der Waals surface area contributed by atoms with Crippen LogP contribution in [0.2, 0.25) is 0 Å². The molecule has 0 saturated heterocycles. The number of aryl methyl sites for hydroxylation is 1. The van der Waals surface area contributed by atoms with E-state index < -0.39 is 5.43 Å². The van der Waals surface area contributed by atoms with Crippen LogP contribution >= 0.6 is 0 Å². The molecule has 0 fully saturated rings. The highest BCUT2D eigenvalue weighted by molar-refractivity contribution is 5.80. The molecule has 0 aromatic heterocycles. The topological polar surface area (TPSA) is 77.8 Å². The lowest BCUT2D eigenvalue weighted by Gasteiger charge is -2.14. The summed E-state index contributed by atoms with van der Waals surface area (Å²) in [6.07, 6.45) is 1.50. The first-order valence-electron chi connectivity index (χ1n) is 7.32. The third-order valence-electron chi connectivity index (χ3n) is 4.51. The molecule has 1 atom stereocenters. The lowest BCUT2D eigenvalue weighted by Crippen LogP contribution is -1.99. The van der Waals surface area contributed by atoms with Crippen molar-refractivity contribution in [1.29, 1.82) is 0 Å². The van der Waals surface area contributed by atoms with E-state index in [0.29, 0.717) is 17.5 Å². The number of phenolic OH excluding ortho intramolecular Hbond substituents is 2. The molecule has 3 N–H and O–H groups in total. The van der Waals surface area contributed by atoms with E-state index in [1.807, 2.05) is 6.92 Å². The summed E-state index contributed by atoms with van der Waals surface area (Å²) < 4.78 is 0. The van der Waals surface area contributed by atoms with E-state index in [1.165, 1.54) is 12.1 Å². The molecule has 1 aliphatic carbocycles. The predicted molar refractivity (Wildman–Crippen MR) is 84.6 cm³/mol. The van der Waals surface area contributed by atoms with E-state index >= 15 is 0 Å². The van der Waals surface area contributed by atoms with Gasteiger partial charge in [0.2, 0.25) is 5.43 Å². The standard InChI is InChI=1S/C18H18O4/c1-9-3-4-11-7-15(20)10(2)18(22)17(11)12-5-6-14(19)16(21)8-13(9)12/h5-9,20,22H,3-4H2,1-2H3,(H,19,21)/t9-/m0/s1. The van der Waals surface area contributed by atoms with Gasteiger partial charge in [0.15, 0.2) is 5.75 Å². The molecule has 4 heteroatoms. The van der Waals surface area contributed by atoms with Crippen LogP contribution in [0, 0.1) is 6.92 Å². The Hall–Kier alpha value is -2.49. The van der Waals surface area contributed by atoms with Gasteiger partial charge in [-0.15, -0.1) is 0 Å². The molecule has 114 valence electrons. The second-order valence-corrected chi connectivity index (χ2v) is 5.94. The summed E-state index contributed by atoms with van der Waals surface area (Å²) in [5, 5.41) is 30.1. The Morgan fingerprint density at radius 3 is 2.55 bits per heavy atom. The fourth-order valence-corrected chi connectivity index (χ4v) is 3.10. The van der Waals surface area contributed by atoms with Crippen molar-refractivity contribution >= 4 is 0 Å². The summed E-state index contributed by atoms with van der Waals surface area (Å²) >= 11 is 0. The maximum Gasteiger partial charge on any atom is 0.220 e. The molecule has 22 heavy (non-hydrogen) atoms. The third kappa shape index (κ3) is 2.11. The Labute approximate surface area is 128 Å². The van der Waals surface area contributed by atoms with Crippen LogP contribution in [-0.4, -0.2) is 15.3 Å². The van der Waals surface area contributed by atoms with Crippen LogP contribution in [0.15, 0.2) is 29.1 Å². The highest BCUT2D eigenvalue weighted by Gasteiger charge is 2.24. The second kappa shape index (κ2) is 5.05. The van der Waals surface area contributed by atoms with Gasteiger partial charge in [0.1, 0.15) is 11.5 Å². The summed E-state index contributed by atoms with van der Waals surface area (Å²) in [5.74, 6) is -0.0935. The average molecular weight is 298 g/mol. The first kappa shape index (κ1) is 14.4. The first-order valence-corrected chi connectivity index (χ1v) is 7.32. The van der Waals surface area contributed by atoms with E-state index in [2.05, 4.69) is 0 Å². The molecule has 2 aromatic carbocycles. The summed E-state index contributed by atoms with van der Waals surface area (Å²) in [7, 11) is 0. The van der Waals surface area contributed by atoms with Crippen molar-refractivity contribution in [3.63, 3.8) is 0 Å². The fraction of sp³-hybridized carbons (Fsp3) is 0.278. The molecule has 4 nitrogen and oxygen atoms in total. The number of fused-ring (bicyclic) bond motifs is 3. The number of rotatable bonds is 0. The Balaban J connectivity index is 2.45. The third-order valence-corrected chi connectivity index (χ3v) is 4.51. The lowest BCUT2D eigenvalue weighted by atomic mass is 9.93. The molecule has 1 aliphatic rings. The van der Waals surface area contributed by atoms with E-state index in [9.17, 15) is 20.1 Å². The van der Waals surface area contributed by atoms with Gasteiger partial charge in [-0.2, -0.15) is 0 Å². The molecule has 0 bridgehead atoms. The molecule has 0 heterocycles. The van der Waals surface area contributed by atoms with Crippen LogP contribution in [0.1, 0.15) is 36.0 Å². The zero-order chi connectivity index (χ0) is 16.0. The maximum atomic E-state index is 11.9. The number of hydrogen-bond donors (Lipinski definition) is 3. The molecule has 3 rings (SSSR count). The number of benzene rings is 1. The van der Waals surface area contributed by atoms with Gasteiger partial charge in [-0.25, -0.2) is 0 Å². The van der Waals surface area contributed by atoms with Crippen LogP contribution in [0.5, 0.6) is 17.2 Å². The van der Waals surface area contributed by atoms with Gasteiger partial charge < -0.3 is 15.3 Å². The monoisotopic (exact) mass is 298 g/mol. The minimum Gasteiger partial charge on any atom is -0.508 e. The summed E-state index contributed by atoms with van der Waals surface area (Å²) in [6, 6.07) is 6.16. The molecular weight excluding hydrogens is 280 g/mol. The minimum atomic E-state index is -0.424. The minimum absolute atomic E-state index is 0.0310. The van der Waals surface area contributed by atoms with E-state index in [-0.39, 0.29) is 23.2 Å². The number of phenols is 2. The van der Waals surface area contributed by atoms with E-state index in [4.69, 9.17) is 0 Å². The average Bonchev–Trinajstić information content (AvgIpc) is 2.70. The Morgan fingerprint density at radius 1 is 1.09 bits per heavy atom. The summed E-state index contributed by atoms with van der Waals surface area (Å²) in [4.78, 5) is 11.9. The Morgan fingerprint density at radius 2 is 1.82 bits per heavy atom. The van der Waals surface area contributed by atoms with Crippen molar-refractivity contribution in [2.75, 3.05) is 0 Å². The molecule has 2 aromatic rings. The Bertz CT molecular complexity index is 824. The van der Waals surface area contributed by atoms with E-state index in [0.717, 1.165) is 23.1 Å². The molecule has 0 amide bonds. The first-order chi connectivity index (χ1) is 10.4. The number of hydrogen-bond acceptors (Lipinski definition) is 4. The molecule has 0 spiro atoms. The second-order valence-electron chi connectivity index (χ2n) is 5.94. The van der Waals surface area contributed by atoms with Crippen molar-refractivity contribution in [1.82, 2.24) is 0 Å². The number of aromatic hydroxyl groups is 3. The van der Waals surface area contributed by atoms with Crippen molar-refractivity contribution in [2.24, 2.45) is 0 Å². The Kier molecular flexibility index (Phi) is 3.32. The normalized spacial score (nSPS) is 16.5. The molecule has 0 saturated carbocycles. The highest BCUT2D eigenvalue weighted by Crippen LogP contribution is 2.45. The van der Waals surface area contributed by atoms with Crippen LogP contribution in [0.25, 0.3) is 11.1 Å². The maximum absolute atomic E-state index is 11.9. The van der Waals surface area contributed by atoms with Crippen molar-refractivity contribution in [2.45, 2.75) is 32.6 Å². The quantitative estimate of drug-likeness (QED) is 0.698. The summed E-state index contributed by atoms with van der Waals surface area (Å²) in [6.45, 7) is 3.67. The smallest absolute Gasteiger partial charge is 0.220 e. The predicted octanol–water partition coefficient (Wildman–Crippen LogP) is 3.19. The van der Waals surface area contributed by atoms with Gasteiger partial charge in [-0.05, 0) is 60.6 Å². The van der Waals surface area contributed by atoms with Gasteiger partial charge in [0, 0.05) is 11.1 Å². The van der Waals surface area contributed by atoms with Gasteiger partial charge in [0.05, 0.1) is 0 Å². The van der Waals surface area contributed by atoms with Crippen LogP contribution in [-0.2, 0) is 6.42 Å². The molecule has 0 unspecified atom stereocenters. The fourth-order valence-electron chi connectivity index (χ4n) is 3.10. The zero-order valence-electron chi connectivity index (χ0n) is 12.6. The van der Waals surface area contributed by atoms with E-state index in [1.54, 1.807) is 19.1 Å². The van der Waals surface area contributed by atoms with Crippen molar-refractivity contribution < 1.29 is 15.3 Å². The molecule has 0 aliphatic heterocycles. The molecule has 0 radical (unpaired) electrons. The largest absolute Gasteiger partial charge is 0.508 e. The van der Waals surface area contributed by atoms with Crippen LogP contribution in [0.3, 0.4) is 0 Å². The lowest BCUT2D eigenvalue weighted by molar-refractivity contribution is 0.443. The zero-order valence-corrected chi connectivity index (χ0v) is 12.6. The van der Waals surface area contributed by atoms with Crippen LogP contribution < -0.4 is 5.43 Å². The van der Waals surface area contributed by atoms with Crippen LogP contribution in [0.4, 0.5) is 0 Å². The van der Waals surface area contributed by atoms with Crippen molar-refractivity contribution in [3.8, 4) is 28.4 Å². The van der Waals surface area contributed by atoms with Gasteiger partial charge in [-0.1, -0.05) is 13.0 Å². The molecular formula is C18H18O4. The highest BCUT2D eigenvalue weighted by atomic mass is 16.3. The van der Waals surface area contributed by atoms with Gasteiger partial charge in [-0.3, -0.25) is 4.79 Å². The summed E-state index contributed by atoms with van der Waals surface area (Å²) in [5.41, 5.74) is 3.03.